The van der Waals surface area contributed by atoms with Gasteiger partial charge in [-0.05, 0) is 26.7 Å². The van der Waals surface area contributed by atoms with Crippen LogP contribution < -0.4 is 5.32 Å². The molecule has 2 N–H and O–H groups in total. The first-order valence-electron chi connectivity index (χ1n) is 6.12. The van der Waals surface area contributed by atoms with Gasteiger partial charge in [-0.1, -0.05) is 13.8 Å². The van der Waals surface area contributed by atoms with Crippen LogP contribution in [0.25, 0.3) is 0 Å². The molecule has 1 aromatic heterocycles. The summed E-state index contributed by atoms with van der Waals surface area (Å²) in [6.07, 6.45) is 1.17. The Morgan fingerprint density at radius 1 is 1.41 bits per heavy atom. The minimum absolute atomic E-state index is 0.325. The van der Waals surface area contributed by atoms with Crippen LogP contribution >= 0.6 is 0 Å². The molecule has 98 valence electrons. The van der Waals surface area contributed by atoms with Crippen molar-refractivity contribution in [2.24, 2.45) is 5.92 Å². The van der Waals surface area contributed by atoms with E-state index in [1.54, 1.807) is 13.3 Å². The van der Waals surface area contributed by atoms with Crippen molar-refractivity contribution in [1.82, 2.24) is 20.1 Å². The van der Waals surface area contributed by atoms with Crippen molar-refractivity contribution in [3.05, 3.63) is 12.2 Å². The summed E-state index contributed by atoms with van der Waals surface area (Å²) in [4.78, 5) is 4.24. The van der Waals surface area contributed by atoms with Crippen LogP contribution in [0.4, 0.5) is 0 Å². The topological polar surface area (TPSA) is 63.0 Å². The lowest BCUT2D eigenvalue weighted by Crippen LogP contribution is -2.48. The molecule has 0 aliphatic carbocycles. The molecule has 17 heavy (non-hydrogen) atoms. The zero-order valence-electron chi connectivity index (χ0n) is 11.4. The highest BCUT2D eigenvalue weighted by Crippen LogP contribution is 2.10. The average Bonchev–Trinajstić information content (AvgIpc) is 2.61. The van der Waals surface area contributed by atoms with Gasteiger partial charge < -0.3 is 10.4 Å². The molecule has 0 saturated carbocycles. The fourth-order valence-corrected chi connectivity index (χ4v) is 1.38. The van der Waals surface area contributed by atoms with Crippen molar-refractivity contribution >= 4 is 0 Å². The molecule has 0 fully saturated rings. The van der Waals surface area contributed by atoms with Crippen molar-refractivity contribution in [2.45, 2.75) is 59.4 Å². The smallest absolute Gasteiger partial charge is 0.140 e. The zero-order chi connectivity index (χ0) is 13.1. The number of rotatable bonds is 6. The minimum atomic E-state index is -0.413. The molecule has 5 heteroatoms. The van der Waals surface area contributed by atoms with Gasteiger partial charge in [0.25, 0.3) is 0 Å². The second kappa shape index (κ2) is 5.60. The predicted molar refractivity (Wildman–Crippen MR) is 67.5 cm³/mol. The molecule has 0 aliphatic heterocycles. The maximum atomic E-state index is 9.62. The third-order valence-corrected chi connectivity index (χ3v) is 2.98. The number of aliphatic hydroxyl groups excluding tert-OH is 1. The second-order valence-electron chi connectivity index (χ2n) is 5.50. The van der Waals surface area contributed by atoms with E-state index in [-0.39, 0.29) is 5.54 Å². The molecule has 0 bridgehead atoms. The molecule has 1 heterocycles. The van der Waals surface area contributed by atoms with E-state index in [1.807, 2.05) is 18.5 Å². The Morgan fingerprint density at radius 3 is 2.59 bits per heavy atom. The molecule has 1 rings (SSSR count). The lowest BCUT2D eigenvalue weighted by Gasteiger charge is -2.29. The van der Waals surface area contributed by atoms with E-state index in [9.17, 15) is 5.11 Å². The number of nitrogens with one attached hydrogen (secondary N) is 1. The van der Waals surface area contributed by atoms with Crippen LogP contribution in [-0.2, 0) is 13.1 Å². The summed E-state index contributed by atoms with van der Waals surface area (Å²) in [5, 5.41) is 17.1. The van der Waals surface area contributed by atoms with Gasteiger partial charge in [-0.2, -0.15) is 5.10 Å². The molecule has 0 saturated heterocycles. The molecule has 0 aliphatic rings. The van der Waals surface area contributed by atoms with E-state index >= 15 is 0 Å². The summed E-state index contributed by atoms with van der Waals surface area (Å²) in [5.74, 6) is 1.45. The number of hydrogen-bond donors (Lipinski definition) is 2. The SMILES string of the molecule is CC(C)Cn1ncnc1CNC(C)(C)C(C)O. The average molecular weight is 240 g/mol. The zero-order valence-corrected chi connectivity index (χ0v) is 11.4. The molecule has 1 unspecified atom stereocenters. The molecule has 0 aromatic carbocycles. The maximum absolute atomic E-state index is 9.62. The van der Waals surface area contributed by atoms with Crippen molar-refractivity contribution in [3.8, 4) is 0 Å². The molecule has 0 spiro atoms. The van der Waals surface area contributed by atoms with Crippen LogP contribution in [0.1, 0.15) is 40.4 Å². The van der Waals surface area contributed by atoms with Crippen molar-refractivity contribution in [3.63, 3.8) is 0 Å². The number of aromatic nitrogens is 3. The number of aliphatic hydroxyl groups is 1. The summed E-state index contributed by atoms with van der Waals surface area (Å²) in [5.41, 5.74) is -0.325. The Morgan fingerprint density at radius 2 is 2.06 bits per heavy atom. The van der Waals surface area contributed by atoms with Gasteiger partial charge in [0.05, 0.1) is 12.6 Å². The number of hydrogen-bond acceptors (Lipinski definition) is 4. The van der Waals surface area contributed by atoms with E-state index in [4.69, 9.17) is 0 Å². The van der Waals surface area contributed by atoms with E-state index in [0.29, 0.717) is 12.5 Å². The third kappa shape index (κ3) is 4.09. The van der Waals surface area contributed by atoms with Crippen LogP contribution in [0.15, 0.2) is 6.33 Å². The Balaban J connectivity index is 2.60. The quantitative estimate of drug-likeness (QED) is 0.784. The van der Waals surface area contributed by atoms with Crippen molar-refractivity contribution in [2.75, 3.05) is 0 Å². The summed E-state index contributed by atoms with van der Waals surface area (Å²) >= 11 is 0. The van der Waals surface area contributed by atoms with Gasteiger partial charge in [-0.15, -0.1) is 0 Å². The van der Waals surface area contributed by atoms with Gasteiger partial charge in [-0.25, -0.2) is 9.67 Å². The summed E-state index contributed by atoms with van der Waals surface area (Å²) in [6.45, 7) is 11.5. The van der Waals surface area contributed by atoms with Crippen molar-refractivity contribution in [1.29, 1.82) is 0 Å². The summed E-state index contributed by atoms with van der Waals surface area (Å²) in [7, 11) is 0. The monoisotopic (exact) mass is 240 g/mol. The standard InChI is InChI=1S/C12H24N4O/c1-9(2)7-16-11(13-8-15-16)6-14-12(4,5)10(3)17/h8-10,14,17H,6-7H2,1-5H3. The van der Waals surface area contributed by atoms with Crippen LogP contribution in [0.5, 0.6) is 0 Å². The molecule has 0 radical (unpaired) electrons. The highest BCUT2D eigenvalue weighted by atomic mass is 16.3. The van der Waals surface area contributed by atoms with E-state index in [0.717, 1.165) is 12.4 Å². The normalized spacial score (nSPS) is 14.3. The van der Waals surface area contributed by atoms with Gasteiger partial charge in [0, 0.05) is 12.1 Å². The van der Waals surface area contributed by atoms with Gasteiger partial charge in [0.15, 0.2) is 0 Å². The lowest BCUT2D eigenvalue weighted by atomic mass is 9.99. The van der Waals surface area contributed by atoms with Crippen LogP contribution in [-0.4, -0.2) is 31.5 Å². The van der Waals surface area contributed by atoms with E-state index < -0.39 is 6.10 Å². The van der Waals surface area contributed by atoms with Gasteiger partial charge in [0.2, 0.25) is 0 Å². The predicted octanol–water partition coefficient (Wildman–Crippen LogP) is 1.18. The molecule has 0 amide bonds. The molecule has 1 aromatic rings. The Bertz CT molecular complexity index is 344. The van der Waals surface area contributed by atoms with Crippen LogP contribution in [0.3, 0.4) is 0 Å². The first-order chi connectivity index (χ1) is 7.83. The molecular weight excluding hydrogens is 216 g/mol. The van der Waals surface area contributed by atoms with Crippen LogP contribution in [0, 0.1) is 5.92 Å². The van der Waals surface area contributed by atoms with Crippen molar-refractivity contribution < 1.29 is 5.11 Å². The summed E-state index contributed by atoms with van der Waals surface area (Å²) in [6, 6.07) is 0. The Labute approximate surface area is 103 Å². The maximum Gasteiger partial charge on any atom is 0.140 e. The van der Waals surface area contributed by atoms with E-state index in [1.165, 1.54) is 0 Å². The Kier molecular flexibility index (Phi) is 4.65. The fourth-order valence-electron chi connectivity index (χ4n) is 1.38. The molecule has 1 atom stereocenters. The molecular formula is C12H24N4O. The first-order valence-corrected chi connectivity index (χ1v) is 6.12. The molecule has 5 nitrogen and oxygen atoms in total. The van der Waals surface area contributed by atoms with Crippen LogP contribution in [0.2, 0.25) is 0 Å². The highest BCUT2D eigenvalue weighted by molar-refractivity contribution is 4.90. The Hall–Kier alpha value is -0.940. The van der Waals surface area contributed by atoms with E-state index in [2.05, 4.69) is 29.2 Å². The second-order valence-corrected chi connectivity index (χ2v) is 5.50. The first kappa shape index (κ1) is 14.1. The minimum Gasteiger partial charge on any atom is -0.392 e. The highest BCUT2D eigenvalue weighted by Gasteiger charge is 2.23. The third-order valence-electron chi connectivity index (χ3n) is 2.98. The van der Waals surface area contributed by atoms with Gasteiger partial charge >= 0.3 is 0 Å². The van der Waals surface area contributed by atoms with Gasteiger partial charge in [0.1, 0.15) is 12.2 Å². The lowest BCUT2D eigenvalue weighted by molar-refractivity contribution is 0.0947. The van der Waals surface area contributed by atoms with Gasteiger partial charge in [-0.3, -0.25) is 0 Å². The number of nitrogens with zero attached hydrogens (tertiary/aromatic N) is 3. The summed E-state index contributed by atoms with van der Waals surface area (Å²) < 4.78 is 1.91. The largest absolute Gasteiger partial charge is 0.392 e. The fraction of sp³-hybridized carbons (Fsp3) is 0.833.